The highest BCUT2D eigenvalue weighted by Gasteiger charge is 2.13. The van der Waals surface area contributed by atoms with E-state index >= 15 is 0 Å². The van der Waals surface area contributed by atoms with E-state index < -0.39 is 0 Å². The number of nitrogens with zero attached hydrogens (tertiary/aromatic N) is 4. The number of methoxy groups -OCH3 is 1. The van der Waals surface area contributed by atoms with Gasteiger partial charge in [-0.15, -0.1) is 0 Å². The van der Waals surface area contributed by atoms with Crippen molar-refractivity contribution in [1.29, 1.82) is 0 Å². The monoisotopic (exact) mass is 263 g/mol. The molecule has 0 saturated heterocycles. The quantitative estimate of drug-likeness (QED) is 0.835. The molecule has 0 amide bonds. The molecule has 2 aromatic heterocycles. The van der Waals surface area contributed by atoms with E-state index in [1.54, 1.807) is 6.07 Å². The van der Waals surface area contributed by atoms with Crippen LogP contribution in [0.25, 0.3) is 11.5 Å². The van der Waals surface area contributed by atoms with Crippen LogP contribution in [0.1, 0.15) is 25.7 Å². The number of rotatable bonds is 6. The van der Waals surface area contributed by atoms with Crippen LogP contribution in [0.4, 0.5) is 0 Å². The smallest absolute Gasteiger partial charge is 0.228 e. The zero-order chi connectivity index (χ0) is 13.7. The fourth-order valence-electron chi connectivity index (χ4n) is 1.71. The average molecular weight is 263 g/mol. The second kappa shape index (κ2) is 6.24. The molecule has 0 saturated carbocycles. The fourth-order valence-corrected chi connectivity index (χ4v) is 1.71. The van der Waals surface area contributed by atoms with Crippen LogP contribution in [0, 0.1) is 0 Å². The van der Waals surface area contributed by atoms with Gasteiger partial charge in [-0.3, -0.25) is 0 Å². The minimum Gasteiger partial charge on any atom is -0.481 e. The molecule has 0 aliphatic carbocycles. The van der Waals surface area contributed by atoms with Crippen molar-refractivity contribution in [2.45, 2.75) is 32.2 Å². The lowest BCUT2D eigenvalue weighted by molar-refractivity contribution is 0.365. The molecule has 102 valence electrons. The van der Waals surface area contributed by atoms with Gasteiger partial charge in [0.05, 0.1) is 7.11 Å². The van der Waals surface area contributed by atoms with Crippen molar-refractivity contribution in [2.75, 3.05) is 7.11 Å². The highest BCUT2D eigenvalue weighted by atomic mass is 16.5. The van der Waals surface area contributed by atoms with Crippen LogP contribution in [-0.2, 0) is 6.42 Å². The molecular formula is C12H17N5O2. The van der Waals surface area contributed by atoms with E-state index in [4.69, 9.17) is 15.0 Å². The molecule has 7 heteroatoms. The first-order chi connectivity index (χ1) is 9.22. The number of hydrogen-bond acceptors (Lipinski definition) is 7. The second-order valence-electron chi connectivity index (χ2n) is 4.21. The Balaban J connectivity index is 2.11. The number of hydrogen-bond donors (Lipinski definition) is 1. The van der Waals surface area contributed by atoms with E-state index in [9.17, 15) is 0 Å². The molecule has 0 fully saturated rings. The minimum atomic E-state index is 0.0400. The highest BCUT2D eigenvalue weighted by Crippen LogP contribution is 2.17. The summed E-state index contributed by atoms with van der Waals surface area (Å²) >= 11 is 0. The summed E-state index contributed by atoms with van der Waals surface area (Å²) in [5.41, 5.74) is 6.50. The molecule has 2 heterocycles. The van der Waals surface area contributed by atoms with Crippen LogP contribution in [0.15, 0.2) is 16.9 Å². The Morgan fingerprint density at radius 3 is 3.00 bits per heavy atom. The van der Waals surface area contributed by atoms with Crippen LogP contribution in [0.2, 0.25) is 0 Å². The summed E-state index contributed by atoms with van der Waals surface area (Å²) in [4.78, 5) is 12.3. The van der Waals surface area contributed by atoms with Crippen molar-refractivity contribution in [1.82, 2.24) is 20.1 Å². The van der Waals surface area contributed by atoms with Gasteiger partial charge in [-0.1, -0.05) is 18.5 Å². The lowest BCUT2D eigenvalue weighted by Crippen LogP contribution is -2.22. The van der Waals surface area contributed by atoms with Crippen LogP contribution >= 0.6 is 0 Å². The lowest BCUT2D eigenvalue weighted by atomic mass is 10.1. The molecule has 2 N–H and O–H groups in total. The Morgan fingerprint density at radius 2 is 2.26 bits per heavy atom. The van der Waals surface area contributed by atoms with Crippen LogP contribution in [0.3, 0.4) is 0 Å². The zero-order valence-electron chi connectivity index (χ0n) is 11.0. The van der Waals surface area contributed by atoms with Crippen LogP contribution in [-0.4, -0.2) is 33.3 Å². The first-order valence-corrected chi connectivity index (χ1v) is 6.17. The Hall–Kier alpha value is -2.02. The second-order valence-corrected chi connectivity index (χ2v) is 4.21. The molecule has 0 bridgehead atoms. The molecule has 0 spiro atoms. The SMILES string of the molecule is CCCC(N)Cc1nc(-c2cc(OC)ncn2)no1. The zero-order valence-corrected chi connectivity index (χ0v) is 11.0. The number of aromatic nitrogens is 4. The van der Waals surface area contributed by atoms with Crippen LogP contribution < -0.4 is 10.5 Å². The van der Waals surface area contributed by atoms with Gasteiger partial charge in [0, 0.05) is 18.5 Å². The molecule has 2 aromatic rings. The third-order valence-electron chi connectivity index (χ3n) is 2.64. The maximum absolute atomic E-state index is 5.94. The van der Waals surface area contributed by atoms with E-state index in [1.165, 1.54) is 13.4 Å². The molecule has 0 aliphatic rings. The van der Waals surface area contributed by atoms with E-state index in [0.717, 1.165) is 12.8 Å². The van der Waals surface area contributed by atoms with E-state index in [-0.39, 0.29) is 6.04 Å². The first-order valence-electron chi connectivity index (χ1n) is 6.17. The summed E-state index contributed by atoms with van der Waals surface area (Å²) in [6.45, 7) is 2.09. The summed E-state index contributed by atoms with van der Waals surface area (Å²) in [5, 5.41) is 3.89. The number of ether oxygens (including phenoxy) is 1. The van der Waals surface area contributed by atoms with Crippen LogP contribution in [0.5, 0.6) is 5.88 Å². The first kappa shape index (κ1) is 13.4. The fraction of sp³-hybridized carbons (Fsp3) is 0.500. The summed E-state index contributed by atoms with van der Waals surface area (Å²) in [5.74, 6) is 1.40. The standard InChI is InChI=1S/C12H17N5O2/c1-3-4-8(13)5-11-16-12(17-19-11)9-6-10(18-2)15-7-14-9/h6-8H,3-5,13H2,1-2H3. The average Bonchev–Trinajstić information content (AvgIpc) is 2.87. The lowest BCUT2D eigenvalue weighted by Gasteiger charge is -2.05. The number of nitrogens with two attached hydrogens (primary N) is 1. The van der Waals surface area contributed by atoms with Gasteiger partial charge < -0.3 is 15.0 Å². The topological polar surface area (TPSA) is 100.0 Å². The predicted octanol–water partition coefficient (Wildman–Crippen LogP) is 1.21. The molecule has 0 aliphatic heterocycles. The van der Waals surface area contributed by atoms with Gasteiger partial charge in [-0.25, -0.2) is 9.97 Å². The Kier molecular flexibility index (Phi) is 4.40. The normalized spacial score (nSPS) is 12.4. The molecule has 0 radical (unpaired) electrons. The summed E-state index contributed by atoms with van der Waals surface area (Å²) in [7, 11) is 1.54. The molecule has 1 atom stereocenters. The third-order valence-corrected chi connectivity index (χ3v) is 2.64. The van der Waals surface area contributed by atoms with Crippen molar-refractivity contribution in [3.05, 3.63) is 18.3 Å². The molecular weight excluding hydrogens is 246 g/mol. The molecule has 7 nitrogen and oxygen atoms in total. The molecule has 1 unspecified atom stereocenters. The summed E-state index contributed by atoms with van der Waals surface area (Å²) in [6.07, 6.45) is 3.93. The van der Waals surface area contributed by atoms with Crippen molar-refractivity contribution < 1.29 is 9.26 Å². The van der Waals surface area contributed by atoms with Gasteiger partial charge in [0.2, 0.25) is 17.6 Å². The molecule has 19 heavy (non-hydrogen) atoms. The predicted molar refractivity (Wildman–Crippen MR) is 68.5 cm³/mol. The van der Waals surface area contributed by atoms with Crippen molar-refractivity contribution >= 4 is 0 Å². The third kappa shape index (κ3) is 3.47. The van der Waals surface area contributed by atoms with Gasteiger partial charge in [0.15, 0.2) is 0 Å². The largest absolute Gasteiger partial charge is 0.481 e. The van der Waals surface area contributed by atoms with Gasteiger partial charge in [0.25, 0.3) is 0 Å². The van der Waals surface area contributed by atoms with Gasteiger partial charge in [0.1, 0.15) is 12.0 Å². The Labute approximate surface area is 111 Å². The maximum Gasteiger partial charge on any atom is 0.228 e. The van der Waals surface area contributed by atoms with Crippen molar-refractivity contribution in [3.63, 3.8) is 0 Å². The van der Waals surface area contributed by atoms with E-state index in [1.807, 2.05) is 0 Å². The summed E-state index contributed by atoms with van der Waals surface area (Å²) in [6, 6.07) is 1.69. The molecule has 0 aromatic carbocycles. The maximum atomic E-state index is 5.94. The Morgan fingerprint density at radius 1 is 1.42 bits per heavy atom. The highest BCUT2D eigenvalue weighted by molar-refractivity contribution is 5.49. The Bertz CT molecular complexity index is 528. The van der Waals surface area contributed by atoms with Gasteiger partial charge in [-0.05, 0) is 6.42 Å². The van der Waals surface area contributed by atoms with E-state index in [0.29, 0.717) is 29.7 Å². The van der Waals surface area contributed by atoms with Gasteiger partial charge >= 0.3 is 0 Å². The molecule has 2 rings (SSSR count). The minimum absolute atomic E-state index is 0.0400. The van der Waals surface area contributed by atoms with Crippen molar-refractivity contribution in [2.24, 2.45) is 5.73 Å². The van der Waals surface area contributed by atoms with E-state index in [2.05, 4.69) is 27.0 Å². The van der Waals surface area contributed by atoms with Crippen molar-refractivity contribution in [3.8, 4) is 17.4 Å². The summed E-state index contributed by atoms with van der Waals surface area (Å²) < 4.78 is 10.2. The van der Waals surface area contributed by atoms with Gasteiger partial charge in [-0.2, -0.15) is 4.98 Å².